The number of pyridine rings is 1. The highest BCUT2D eigenvalue weighted by atomic mass is 16.2. The Kier molecular flexibility index (Phi) is 2.72. The van der Waals surface area contributed by atoms with Crippen LogP contribution in [0.5, 0.6) is 0 Å². The third kappa shape index (κ3) is 2.30. The van der Waals surface area contributed by atoms with E-state index in [1.165, 1.54) is 16.8 Å². The van der Waals surface area contributed by atoms with Gasteiger partial charge in [-0.1, -0.05) is 12.1 Å². The zero-order chi connectivity index (χ0) is 13.2. The summed E-state index contributed by atoms with van der Waals surface area (Å²) in [5.41, 5.74) is 1.11. The van der Waals surface area contributed by atoms with Gasteiger partial charge in [0.25, 0.3) is 5.56 Å². The number of rotatable bonds is 2. The normalized spacial score (nSPS) is 10.7. The minimum atomic E-state index is -0.404. The Hall–Kier alpha value is -2.69. The summed E-state index contributed by atoms with van der Waals surface area (Å²) < 4.78 is 1.46. The summed E-state index contributed by atoms with van der Waals surface area (Å²) in [6, 6.07) is 11.0. The van der Waals surface area contributed by atoms with Crippen molar-refractivity contribution in [3.63, 3.8) is 0 Å². The molecule has 0 aliphatic rings. The fraction of sp³-hybridized carbons (Fsp3) is 0.0714. The van der Waals surface area contributed by atoms with Crippen molar-refractivity contribution in [2.75, 3.05) is 0 Å². The summed E-state index contributed by atoms with van der Waals surface area (Å²) in [4.78, 5) is 29.1. The van der Waals surface area contributed by atoms with Crippen molar-refractivity contribution >= 4 is 10.9 Å². The van der Waals surface area contributed by atoms with E-state index in [-0.39, 0.29) is 5.56 Å². The van der Waals surface area contributed by atoms with Gasteiger partial charge in [0.15, 0.2) is 0 Å². The quantitative estimate of drug-likeness (QED) is 0.744. The molecule has 0 saturated carbocycles. The number of aromatic nitrogens is 3. The van der Waals surface area contributed by atoms with Crippen LogP contribution in [0.15, 0.2) is 58.4 Å². The lowest BCUT2D eigenvalue weighted by atomic mass is 10.1. The highest BCUT2D eigenvalue weighted by Gasteiger charge is 2.00. The van der Waals surface area contributed by atoms with Gasteiger partial charge < -0.3 is 0 Å². The molecule has 5 nitrogen and oxygen atoms in total. The number of benzene rings is 1. The van der Waals surface area contributed by atoms with E-state index in [4.69, 9.17) is 0 Å². The molecule has 94 valence electrons. The molecule has 0 bridgehead atoms. The highest BCUT2D eigenvalue weighted by molar-refractivity contribution is 5.78. The van der Waals surface area contributed by atoms with E-state index >= 15 is 0 Å². The molecule has 3 aromatic rings. The van der Waals surface area contributed by atoms with Crippen LogP contribution in [0.3, 0.4) is 0 Å². The second kappa shape index (κ2) is 4.53. The Morgan fingerprint density at radius 1 is 1.16 bits per heavy atom. The minimum Gasteiger partial charge on any atom is -0.296 e. The molecule has 0 spiro atoms. The SMILES string of the molecule is O=c1ccn(Cc2ccc3ncccc3c2)c(=O)[nH]1. The first-order valence-electron chi connectivity index (χ1n) is 5.86. The Bertz CT molecular complexity index is 849. The number of fused-ring (bicyclic) bond motifs is 1. The maximum absolute atomic E-state index is 11.6. The molecule has 2 aromatic heterocycles. The maximum Gasteiger partial charge on any atom is 0.328 e. The monoisotopic (exact) mass is 253 g/mol. The topological polar surface area (TPSA) is 67.8 Å². The number of aromatic amines is 1. The molecule has 0 saturated heterocycles. The number of nitrogens with one attached hydrogen (secondary N) is 1. The van der Waals surface area contributed by atoms with E-state index in [0.717, 1.165) is 16.5 Å². The van der Waals surface area contributed by atoms with E-state index in [2.05, 4.69) is 9.97 Å². The van der Waals surface area contributed by atoms with E-state index in [1.807, 2.05) is 30.3 Å². The minimum absolute atomic E-state index is 0.385. The average molecular weight is 253 g/mol. The molecular formula is C14H11N3O2. The van der Waals surface area contributed by atoms with Gasteiger partial charge in [-0.05, 0) is 23.8 Å². The third-order valence-electron chi connectivity index (χ3n) is 2.92. The molecule has 1 N–H and O–H groups in total. The van der Waals surface area contributed by atoms with Crippen LogP contribution in [-0.4, -0.2) is 14.5 Å². The van der Waals surface area contributed by atoms with Crippen LogP contribution >= 0.6 is 0 Å². The Morgan fingerprint density at radius 2 is 2.05 bits per heavy atom. The Morgan fingerprint density at radius 3 is 2.89 bits per heavy atom. The number of H-pyrrole nitrogens is 1. The van der Waals surface area contributed by atoms with E-state index in [1.54, 1.807) is 6.20 Å². The van der Waals surface area contributed by atoms with Gasteiger partial charge in [-0.25, -0.2) is 4.79 Å². The predicted molar refractivity (Wildman–Crippen MR) is 72.2 cm³/mol. The molecular weight excluding hydrogens is 242 g/mol. The zero-order valence-corrected chi connectivity index (χ0v) is 10.0. The third-order valence-corrected chi connectivity index (χ3v) is 2.92. The van der Waals surface area contributed by atoms with Gasteiger partial charge in [-0.15, -0.1) is 0 Å². The molecule has 19 heavy (non-hydrogen) atoms. The fourth-order valence-electron chi connectivity index (χ4n) is 1.99. The van der Waals surface area contributed by atoms with E-state index in [9.17, 15) is 9.59 Å². The Labute approximate surface area is 108 Å². The van der Waals surface area contributed by atoms with Crippen molar-refractivity contribution in [1.82, 2.24) is 14.5 Å². The van der Waals surface area contributed by atoms with Crippen molar-refractivity contribution in [2.24, 2.45) is 0 Å². The summed E-state index contributed by atoms with van der Waals surface area (Å²) in [5, 5.41) is 1.03. The molecule has 0 unspecified atom stereocenters. The van der Waals surface area contributed by atoms with Crippen LogP contribution < -0.4 is 11.2 Å². The lowest BCUT2D eigenvalue weighted by Gasteiger charge is -2.05. The molecule has 3 rings (SSSR count). The van der Waals surface area contributed by atoms with Crippen LogP contribution in [0.2, 0.25) is 0 Å². The van der Waals surface area contributed by atoms with Crippen LogP contribution in [0.25, 0.3) is 10.9 Å². The average Bonchev–Trinajstić information content (AvgIpc) is 2.42. The first-order chi connectivity index (χ1) is 9.22. The highest BCUT2D eigenvalue weighted by Crippen LogP contribution is 2.13. The molecule has 2 heterocycles. The van der Waals surface area contributed by atoms with Gasteiger partial charge >= 0.3 is 5.69 Å². The van der Waals surface area contributed by atoms with Crippen molar-refractivity contribution in [1.29, 1.82) is 0 Å². The summed E-state index contributed by atoms with van der Waals surface area (Å²) in [6.07, 6.45) is 3.24. The van der Waals surface area contributed by atoms with Crippen molar-refractivity contribution in [3.05, 3.63) is 75.2 Å². The molecule has 1 aromatic carbocycles. The molecule has 0 radical (unpaired) electrons. The molecule has 0 fully saturated rings. The van der Waals surface area contributed by atoms with Crippen LogP contribution in [0.1, 0.15) is 5.56 Å². The largest absolute Gasteiger partial charge is 0.328 e. The summed E-state index contributed by atoms with van der Waals surface area (Å²) in [7, 11) is 0. The van der Waals surface area contributed by atoms with Crippen LogP contribution in [0.4, 0.5) is 0 Å². The zero-order valence-electron chi connectivity index (χ0n) is 10.0. The van der Waals surface area contributed by atoms with Gasteiger partial charge in [-0.2, -0.15) is 0 Å². The van der Waals surface area contributed by atoms with E-state index in [0.29, 0.717) is 6.54 Å². The second-order valence-corrected chi connectivity index (χ2v) is 4.27. The van der Waals surface area contributed by atoms with Gasteiger partial charge in [0.2, 0.25) is 0 Å². The number of nitrogens with zero attached hydrogens (tertiary/aromatic N) is 2. The molecule has 0 aliphatic carbocycles. The molecule has 5 heteroatoms. The summed E-state index contributed by atoms with van der Waals surface area (Å²) in [6.45, 7) is 0.417. The first kappa shape index (κ1) is 11.4. The van der Waals surface area contributed by atoms with Gasteiger partial charge in [0, 0.05) is 23.8 Å². The fourth-order valence-corrected chi connectivity index (χ4v) is 1.99. The van der Waals surface area contributed by atoms with Crippen molar-refractivity contribution in [3.8, 4) is 0 Å². The number of hydrogen-bond donors (Lipinski definition) is 1. The summed E-state index contributed by atoms with van der Waals surface area (Å²) >= 11 is 0. The molecule has 0 amide bonds. The van der Waals surface area contributed by atoms with Crippen molar-refractivity contribution in [2.45, 2.75) is 6.54 Å². The van der Waals surface area contributed by atoms with Gasteiger partial charge in [-0.3, -0.25) is 19.3 Å². The number of hydrogen-bond acceptors (Lipinski definition) is 3. The van der Waals surface area contributed by atoms with E-state index < -0.39 is 5.69 Å². The summed E-state index contributed by atoms with van der Waals surface area (Å²) in [5.74, 6) is 0. The first-order valence-corrected chi connectivity index (χ1v) is 5.86. The Balaban J connectivity index is 2.01. The van der Waals surface area contributed by atoms with Crippen LogP contribution in [-0.2, 0) is 6.54 Å². The molecule has 0 aliphatic heterocycles. The van der Waals surface area contributed by atoms with Crippen LogP contribution in [0, 0.1) is 0 Å². The lowest BCUT2D eigenvalue weighted by Crippen LogP contribution is -2.28. The standard InChI is InChI=1S/C14H11N3O2/c18-13-5-7-17(14(19)16-13)9-10-3-4-12-11(8-10)2-1-6-15-12/h1-8H,9H2,(H,16,18,19). The molecule has 0 atom stereocenters. The predicted octanol–water partition coefficient (Wildman–Crippen LogP) is 1.13. The smallest absolute Gasteiger partial charge is 0.296 e. The van der Waals surface area contributed by atoms with Crippen molar-refractivity contribution < 1.29 is 0 Å². The van der Waals surface area contributed by atoms with Gasteiger partial charge in [0.1, 0.15) is 0 Å². The maximum atomic E-state index is 11.6. The van der Waals surface area contributed by atoms with Gasteiger partial charge in [0.05, 0.1) is 12.1 Å². The second-order valence-electron chi connectivity index (χ2n) is 4.27. The lowest BCUT2D eigenvalue weighted by molar-refractivity contribution is 0.721.